The van der Waals surface area contributed by atoms with Crippen LogP contribution >= 0.6 is 15.9 Å². The van der Waals surface area contributed by atoms with E-state index in [0.29, 0.717) is 19.6 Å². The van der Waals surface area contributed by atoms with Crippen LogP contribution in [-0.2, 0) is 24.4 Å². The highest BCUT2D eigenvalue weighted by molar-refractivity contribution is 9.10. The molecule has 2 nitrogen and oxygen atoms in total. The number of hydrogen-bond acceptors (Lipinski definition) is 2. The van der Waals surface area contributed by atoms with E-state index in [9.17, 15) is 5.11 Å². The molecule has 0 bridgehead atoms. The van der Waals surface area contributed by atoms with E-state index in [-0.39, 0.29) is 0 Å². The number of aliphatic hydroxyl groups excluding tert-OH is 1. The predicted molar refractivity (Wildman–Crippen MR) is 77.7 cm³/mol. The van der Waals surface area contributed by atoms with Gasteiger partial charge in [-0.25, -0.2) is 0 Å². The van der Waals surface area contributed by atoms with Crippen molar-refractivity contribution in [2.24, 2.45) is 0 Å². The van der Waals surface area contributed by atoms with Gasteiger partial charge in [0.05, 0.1) is 19.3 Å². The van der Waals surface area contributed by atoms with Crippen molar-refractivity contribution in [1.82, 2.24) is 0 Å². The van der Waals surface area contributed by atoms with Crippen LogP contribution in [0.15, 0.2) is 46.9 Å². The van der Waals surface area contributed by atoms with Gasteiger partial charge in [-0.15, -0.1) is 0 Å². The first-order valence-corrected chi connectivity index (χ1v) is 7.13. The Morgan fingerprint density at radius 1 is 1.05 bits per heavy atom. The fourth-order valence-electron chi connectivity index (χ4n) is 2.36. The summed E-state index contributed by atoms with van der Waals surface area (Å²) in [7, 11) is 0. The summed E-state index contributed by atoms with van der Waals surface area (Å²) in [5.41, 5.74) is 4.53. The molecule has 0 aliphatic carbocycles. The summed E-state index contributed by atoms with van der Waals surface area (Å²) in [6.07, 6.45) is 0.166. The van der Waals surface area contributed by atoms with Gasteiger partial charge >= 0.3 is 0 Å². The van der Waals surface area contributed by atoms with Crippen LogP contribution in [0, 0.1) is 0 Å². The normalized spacial score (nSPS) is 15.3. The lowest BCUT2D eigenvalue weighted by Crippen LogP contribution is -2.02. The second kappa shape index (κ2) is 5.45. The molecule has 1 N–H and O–H groups in total. The van der Waals surface area contributed by atoms with Gasteiger partial charge in [0.2, 0.25) is 0 Å². The molecule has 1 aliphatic rings. The molecule has 19 heavy (non-hydrogen) atoms. The van der Waals surface area contributed by atoms with Crippen molar-refractivity contribution in [1.29, 1.82) is 0 Å². The Labute approximate surface area is 121 Å². The quantitative estimate of drug-likeness (QED) is 0.933. The highest BCUT2D eigenvalue weighted by Gasteiger charge is 2.15. The van der Waals surface area contributed by atoms with Crippen LogP contribution in [0.4, 0.5) is 0 Å². The van der Waals surface area contributed by atoms with E-state index >= 15 is 0 Å². The third-order valence-corrected chi connectivity index (χ3v) is 4.00. The molecular weight excluding hydrogens is 304 g/mol. The second-order valence-electron chi connectivity index (χ2n) is 4.87. The smallest absolute Gasteiger partial charge is 0.0830 e. The van der Waals surface area contributed by atoms with E-state index in [2.05, 4.69) is 28.1 Å². The molecule has 1 aliphatic heterocycles. The van der Waals surface area contributed by atoms with E-state index in [1.165, 1.54) is 11.1 Å². The van der Waals surface area contributed by atoms with Gasteiger partial charge < -0.3 is 9.84 Å². The number of ether oxygens (including phenoxy) is 1. The van der Waals surface area contributed by atoms with Crippen LogP contribution in [0.25, 0.3) is 0 Å². The van der Waals surface area contributed by atoms with Crippen LogP contribution in [0.2, 0.25) is 0 Å². The second-order valence-corrected chi connectivity index (χ2v) is 5.78. The van der Waals surface area contributed by atoms with Gasteiger partial charge in [-0.3, -0.25) is 0 Å². The maximum Gasteiger partial charge on any atom is 0.0830 e. The molecule has 1 atom stereocenters. The largest absolute Gasteiger partial charge is 0.388 e. The highest BCUT2D eigenvalue weighted by Crippen LogP contribution is 2.26. The minimum absolute atomic E-state index is 0.466. The molecule has 3 rings (SSSR count). The molecule has 0 radical (unpaired) electrons. The molecule has 0 spiro atoms. The predicted octanol–water partition coefficient (Wildman–Crippen LogP) is 3.76. The molecule has 98 valence electrons. The Balaban J connectivity index is 1.76. The monoisotopic (exact) mass is 318 g/mol. The average molecular weight is 319 g/mol. The van der Waals surface area contributed by atoms with Gasteiger partial charge in [0.1, 0.15) is 0 Å². The molecule has 1 unspecified atom stereocenters. The Morgan fingerprint density at radius 3 is 2.58 bits per heavy atom. The number of rotatable bonds is 3. The van der Waals surface area contributed by atoms with Crippen LogP contribution in [0.3, 0.4) is 0 Å². The Hall–Kier alpha value is -1.16. The first-order chi connectivity index (χ1) is 9.22. The van der Waals surface area contributed by atoms with E-state index in [1.54, 1.807) is 0 Å². The fourth-order valence-corrected chi connectivity index (χ4v) is 2.63. The standard InChI is InChI=1S/C16H15BrO2/c17-15-5-1-11(2-6-15)7-16(18)12-3-4-13-9-19-10-14(13)8-12/h1-6,8,16,18H,7,9-10H2. The molecule has 0 aromatic heterocycles. The Morgan fingerprint density at radius 2 is 1.79 bits per heavy atom. The van der Waals surface area contributed by atoms with Crippen LogP contribution in [0.5, 0.6) is 0 Å². The maximum atomic E-state index is 10.3. The summed E-state index contributed by atoms with van der Waals surface area (Å²) in [6.45, 7) is 1.35. The molecule has 0 saturated carbocycles. The molecule has 2 aromatic carbocycles. The molecule has 0 saturated heterocycles. The molecule has 1 heterocycles. The lowest BCUT2D eigenvalue weighted by atomic mass is 9.98. The van der Waals surface area contributed by atoms with Crippen molar-refractivity contribution in [2.45, 2.75) is 25.7 Å². The minimum atomic E-state index is -0.466. The van der Waals surface area contributed by atoms with E-state index < -0.39 is 6.10 Å². The maximum absolute atomic E-state index is 10.3. The summed E-state index contributed by atoms with van der Waals surface area (Å²) < 4.78 is 6.45. The zero-order valence-corrected chi connectivity index (χ0v) is 12.1. The number of aliphatic hydroxyl groups is 1. The summed E-state index contributed by atoms with van der Waals surface area (Å²) in [5, 5.41) is 10.3. The number of fused-ring (bicyclic) bond motifs is 1. The van der Waals surface area contributed by atoms with Gasteiger partial charge in [-0.05, 0) is 34.4 Å². The number of benzene rings is 2. The lowest BCUT2D eigenvalue weighted by molar-refractivity contribution is 0.134. The van der Waals surface area contributed by atoms with Gasteiger partial charge in [0.25, 0.3) is 0 Å². The topological polar surface area (TPSA) is 29.5 Å². The van der Waals surface area contributed by atoms with Gasteiger partial charge in [-0.2, -0.15) is 0 Å². The van der Waals surface area contributed by atoms with E-state index in [0.717, 1.165) is 15.6 Å². The van der Waals surface area contributed by atoms with Crippen molar-refractivity contribution in [3.05, 3.63) is 69.2 Å². The zero-order valence-electron chi connectivity index (χ0n) is 10.5. The summed E-state index contributed by atoms with van der Waals surface area (Å²) in [4.78, 5) is 0. The van der Waals surface area contributed by atoms with Crippen LogP contribution < -0.4 is 0 Å². The lowest BCUT2D eigenvalue weighted by Gasteiger charge is -2.12. The van der Waals surface area contributed by atoms with Crippen LogP contribution in [0.1, 0.15) is 28.4 Å². The van der Waals surface area contributed by atoms with Crippen molar-refractivity contribution >= 4 is 15.9 Å². The third-order valence-electron chi connectivity index (χ3n) is 3.47. The number of halogens is 1. The molecule has 0 amide bonds. The zero-order chi connectivity index (χ0) is 13.2. The Kier molecular flexibility index (Phi) is 3.69. The van der Waals surface area contributed by atoms with Gasteiger partial charge in [0.15, 0.2) is 0 Å². The number of hydrogen-bond donors (Lipinski definition) is 1. The SMILES string of the molecule is OC(Cc1ccc(Br)cc1)c1ccc2c(c1)COC2. The third kappa shape index (κ3) is 2.89. The van der Waals surface area contributed by atoms with Gasteiger partial charge in [-0.1, -0.05) is 46.3 Å². The Bertz CT molecular complexity index is 578. The first kappa shape index (κ1) is 12.9. The van der Waals surface area contributed by atoms with Crippen molar-refractivity contribution in [2.75, 3.05) is 0 Å². The summed E-state index contributed by atoms with van der Waals surface area (Å²) >= 11 is 3.41. The average Bonchev–Trinajstić information content (AvgIpc) is 2.88. The highest BCUT2D eigenvalue weighted by atomic mass is 79.9. The van der Waals surface area contributed by atoms with Crippen molar-refractivity contribution in [3.63, 3.8) is 0 Å². The van der Waals surface area contributed by atoms with E-state index in [1.807, 2.05) is 30.3 Å². The van der Waals surface area contributed by atoms with Crippen molar-refractivity contribution < 1.29 is 9.84 Å². The van der Waals surface area contributed by atoms with E-state index in [4.69, 9.17) is 4.74 Å². The van der Waals surface area contributed by atoms with Gasteiger partial charge in [0, 0.05) is 10.9 Å². The molecule has 0 fully saturated rings. The summed E-state index contributed by atoms with van der Waals surface area (Å²) in [6, 6.07) is 14.2. The summed E-state index contributed by atoms with van der Waals surface area (Å²) in [5.74, 6) is 0. The minimum Gasteiger partial charge on any atom is -0.388 e. The van der Waals surface area contributed by atoms with Crippen molar-refractivity contribution in [3.8, 4) is 0 Å². The van der Waals surface area contributed by atoms with Crippen LogP contribution in [-0.4, -0.2) is 5.11 Å². The molecular formula is C16H15BrO2. The first-order valence-electron chi connectivity index (χ1n) is 6.34. The molecule has 2 aromatic rings. The molecule has 3 heteroatoms. The fraction of sp³-hybridized carbons (Fsp3) is 0.250.